The lowest BCUT2D eigenvalue weighted by Crippen LogP contribution is -2.29. The molecule has 0 heterocycles. The summed E-state index contributed by atoms with van der Waals surface area (Å²) in [5.41, 5.74) is 1.63. The minimum absolute atomic E-state index is 0.224. The molecule has 1 amide bonds. The summed E-state index contributed by atoms with van der Waals surface area (Å²) in [6, 6.07) is 13.9. The Morgan fingerprint density at radius 3 is 1.60 bits per heavy atom. The highest BCUT2D eigenvalue weighted by Gasteiger charge is 2.16. The van der Waals surface area contributed by atoms with Crippen molar-refractivity contribution in [3.05, 3.63) is 81.5 Å². The van der Waals surface area contributed by atoms with Crippen LogP contribution in [-0.2, 0) is 22.7 Å². The molecule has 2 rings (SSSR count). The standard InChI is InChI=1S/C18H15Cl2NO4/c19-14-5-1-12(2-6-14)10-21(17(23)9-16(22)18(24)25)11-13-3-7-15(20)8-4-13/h1-9,22H,10-11H2,(H,24,25)/b16-9-. The second-order valence-electron chi connectivity index (χ2n) is 5.28. The van der Waals surface area contributed by atoms with Gasteiger partial charge >= 0.3 is 5.97 Å². The minimum atomic E-state index is -1.56. The third-order valence-corrected chi connectivity index (χ3v) is 3.87. The van der Waals surface area contributed by atoms with E-state index in [0.717, 1.165) is 11.1 Å². The first kappa shape index (κ1) is 18.8. The van der Waals surface area contributed by atoms with Gasteiger partial charge in [-0.1, -0.05) is 47.5 Å². The highest BCUT2D eigenvalue weighted by Crippen LogP contribution is 2.16. The molecular weight excluding hydrogens is 365 g/mol. The number of carbonyl (C=O) groups is 2. The zero-order valence-electron chi connectivity index (χ0n) is 13.0. The summed E-state index contributed by atoms with van der Waals surface area (Å²) in [6.45, 7) is 0.448. The summed E-state index contributed by atoms with van der Waals surface area (Å²) >= 11 is 11.7. The maximum absolute atomic E-state index is 12.4. The van der Waals surface area contributed by atoms with Crippen molar-refractivity contribution in [3.63, 3.8) is 0 Å². The van der Waals surface area contributed by atoms with Crippen LogP contribution in [0.25, 0.3) is 0 Å². The lowest BCUT2D eigenvalue weighted by molar-refractivity contribution is -0.136. The number of aliphatic carboxylic acids is 1. The quantitative estimate of drug-likeness (QED) is 0.586. The fourth-order valence-corrected chi connectivity index (χ4v) is 2.35. The van der Waals surface area contributed by atoms with Gasteiger partial charge in [-0.3, -0.25) is 4.79 Å². The third-order valence-electron chi connectivity index (χ3n) is 3.36. The Kier molecular flexibility index (Phi) is 6.44. The van der Waals surface area contributed by atoms with E-state index in [1.807, 2.05) is 0 Å². The highest BCUT2D eigenvalue weighted by molar-refractivity contribution is 6.30. The summed E-state index contributed by atoms with van der Waals surface area (Å²) < 4.78 is 0. The molecule has 2 aromatic carbocycles. The second kappa shape index (κ2) is 8.55. The van der Waals surface area contributed by atoms with Crippen LogP contribution >= 0.6 is 23.2 Å². The van der Waals surface area contributed by atoms with E-state index in [2.05, 4.69) is 0 Å². The van der Waals surface area contributed by atoms with Gasteiger partial charge in [0, 0.05) is 23.1 Å². The van der Waals surface area contributed by atoms with E-state index < -0.39 is 17.6 Å². The number of aliphatic hydroxyl groups excluding tert-OH is 1. The van der Waals surface area contributed by atoms with Gasteiger partial charge < -0.3 is 15.1 Å². The Hall–Kier alpha value is -2.50. The topological polar surface area (TPSA) is 77.8 Å². The molecule has 0 aliphatic rings. The predicted molar refractivity (Wildman–Crippen MR) is 95.5 cm³/mol. The molecule has 0 aromatic heterocycles. The maximum atomic E-state index is 12.4. The van der Waals surface area contributed by atoms with Gasteiger partial charge in [0.1, 0.15) is 0 Å². The SMILES string of the molecule is O=C(O)/C(O)=C/C(=O)N(Cc1ccc(Cl)cc1)Cc1ccc(Cl)cc1. The molecule has 0 bridgehead atoms. The first-order valence-electron chi connectivity index (χ1n) is 7.27. The van der Waals surface area contributed by atoms with Crippen LogP contribution in [0.15, 0.2) is 60.4 Å². The molecular formula is C18H15Cl2NO4. The van der Waals surface area contributed by atoms with Gasteiger partial charge in [-0.15, -0.1) is 0 Å². The maximum Gasteiger partial charge on any atom is 0.371 e. The number of aliphatic hydroxyl groups is 1. The Morgan fingerprint density at radius 1 is 0.840 bits per heavy atom. The second-order valence-corrected chi connectivity index (χ2v) is 6.15. The lowest BCUT2D eigenvalue weighted by atomic mass is 10.1. The number of carbonyl (C=O) groups excluding carboxylic acids is 1. The Bertz CT molecular complexity index is 738. The molecule has 0 radical (unpaired) electrons. The van der Waals surface area contributed by atoms with Crippen molar-refractivity contribution in [2.45, 2.75) is 13.1 Å². The number of benzene rings is 2. The van der Waals surface area contributed by atoms with Gasteiger partial charge in [-0.2, -0.15) is 0 Å². The Morgan fingerprint density at radius 2 is 1.24 bits per heavy atom. The molecule has 130 valence electrons. The number of hydrogen-bond acceptors (Lipinski definition) is 3. The van der Waals surface area contributed by atoms with Crippen molar-refractivity contribution >= 4 is 35.1 Å². The van der Waals surface area contributed by atoms with E-state index in [0.29, 0.717) is 16.1 Å². The molecule has 2 aromatic rings. The predicted octanol–water partition coefficient (Wildman–Crippen LogP) is 4.05. The number of halogens is 2. The van der Waals surface area contributed by atoms with E-state index >= 15 is 0 Å². The first-order chi connectivity index (χ1) is 11.8. The van der Waals surface area contributed by atoms with Crippen molar-refractivity contribution < 1.29 is 19.8 Å². The monoisotopic (exact) mass is 379 g/mol. The fourth-order valence-electron chi connectivity index (χ4n) is 2.10. The zero-order chi connectivity index (χ0) is 18.4. The first-order valence-corrected chi connectivity index (χ1v) is 8.02. The van der Waals surface area contributed by atoms with Crippen LogP contribution in [0.1, 0.15) is 11.1 Å². The van der Waals surface area contributed by atoms with Crippen LogP contribution in [0.3, 0.4) is 0 Å². The summed E-state index contributed by atoms with van der Waals surface area (Å²) in [4.78, 5) is 24.5. The molecule has 0 spiro atoms. The molecule has 7 heteroatoms. The van der Waals surface area contributed by atoms with Gasteiger partial charge in [0.2, 0.25) is 5.76 Å². The summed E-state index contributed by atoms with van der Waals surface area (Å²) in [5, 5.41) is 19.2. The van der Waals surface area contributed by atoms with Crippen molar-refractivity contribution in [2.24, 2.45) is 0 Å². The van der Waals surface area contributed by atoms with Crippen molar-refractivity contribution in [2.75, 3.05) is 0 Å². The highest BCUT2D eigenvalue weighted by atomic mass is 35.5. The molecule has 2 N–H and O–H groups in total. The molecule has 0 aliphatic heterocycles. The number of carboxylic acids is 1. The van der Waals surface area contributed by atoms with E-state index in [-0.39, 0.29) is 13.1 Å². The summed E-state index contributed by atoms with van der Waals surface area (Å²) in [5.74, 6) is -3.20. The smallest absolute Gasteiger partial charge is 0.371 e. The van der Waals surface area contributed by atoms with E-state index in [1.165, 1.54) is 4.90 Å². The van der Waals surface area contributed by atoms with E-state index in [1.54, 1.807) is 48.5 Å². The van der Waals surface area contributed by atoms with Gasteiger partial charge in [-0.25, -0.2) is 4.79 Å². The van der Waals surface area contributed by atoms with Crippen LogP contribution in [0.2, 0.25) is 10.0 Å². The molecule has 0 atom stereocenters. The Labute approximate surface area is 154 Å². The fraction of sp³-hybridized carbons (Fsp3) is 0.111. The van der Waals surface area contributed by atoms with Crippen molar-refractivity contribution in [1.82, 2.24) is 4.90 Å². The van der Waals surface area contributed by atoms with Gasteiger partial charge in [-0.05, 0) is 35.4 Å². The number of rotatable bonds is 6. The number of hydrogen-bond donors (Lipinski definition) is 2. The lowest BCUT2D eigenvalue weighted by Gasteiger charge is -2.22. The number of amides is 1. The van der Waals surface area contributed by atoms with Crippen molar-refractivity contribution in [1.29, 1.82) is 0 Å². The molecule has 5 nitrogen and oxygen atoms in total. The zero-order valence-corrected chi connectivity index (χ0v) is 14.5. The molecule has 0 saturated carbocycles. The van der Waals surface area contributed by atoms with E-state index in [4.69, 9.17) is 28.3 Å². The number of carboxylic acid groups (broad SMARTS) is 1. The summed E-state index contributed by atoms with van der Waals surface area (Å²) in [7, 11) is 0. The van der Waals surface area contributed by atoms with Crippen LogP contribution in [0, 0.1) is 0 Å². The molecule has 25 heavy (non-hydrogen) atoms. The number of nitrogens with zero attached hydrogens (tertiary/aromatic N) is 1. The van der Waals surface area contributed by atoms with Crippen LogP contribution < -0.4 is 0 Å². The van der Waals surface area contributed by atoms with Gasteiger partial charge in [0.05, 0.1) is 6.08 Å². The van der Waals surface area contributed by atoms with E-state index in [9.17, 15) is 14.7 Å². The van der Waals surface area contributed by atoms with Crippen LogP contribution in [0.4, 0.5) is 0 Å². The molecule has 0 unspecified atom stereocenters. The summed E-state index contributed by atoms with van der Waals surface area (Å²) in [6.07, 6.45) is 0.689. The largest absolute Gasteiger partial charge is 0.502 e. The van der Waals surface area contributed by atoms with Crippen LogP contribution in [-0.4, -0.2) is 27.0 Å². The van der Waals surface area contributed by atoms with Crippen molar-refractivity contribution in [3.8, 4) is 0 Å². The molecule has 0 fully saturated rings. The molecule has 0 saturated heterocycles. The minimum Gasteiger partial charge on any atom is -0.502 e. The van der Waals surface area contributed by atoms with Crippen LogP contribution in [0.5, 0.6) is 0 Å². The van der Waals surface area contributed by atoms with Gasteiger partial charge in [0.15, 0.2) is 0 Å². The van der Waals surface area contributed by atoms with Gasteiger partial charge in [0.25, 0.3) is 5.91 Å². The normalized spacial score (nSPS) is 11.2. The molecule has 0 aliphatic carbocycles. The third kappa shape index (κ3) is 5.81. The average Bonchev–Trinajstić information content (AvgIpc) is 2.58. The average molecular weight is 380 g/mol. The Balaban J connectivity index is 2.24.